The van der Waals surface area contributed by atoms with Crippen molar-refractivity contribution in [1.82, 2.24) is 20.4 Å². The number of likely N-dealkylation sites (tertiary alicyclic amines) is 1. The van der Waals surface area contributed by atoms with Crippen LogP contribution in [0.4, 0.5) is 0 Å². The van der Waals surface area contributed by atoms with E-state index < -0.39 is 0 Å². The lowest BCUT2D eigenvalue weighted by molar-refractivity contribution is -0.123. The van der Waals surface area contributed by atoms with Crippen LogP contribution in [-0.4, -0.2) is 59.9 Å². The molecule has 0 bridgehead atoms. The number of aryl methyl sites for hydroxylation is 1. The number of rotatable bonds is 5. The largest absolute Gasteiger partial charge is 0.376 e. The Morgan fingerprint density at radius 3 is 2.91 bits per heavy atom. The van der Waals surface area contributed by atoms with Gasteiger partial charge in [-0.05, 0) is 51.3 Å². The first-order valence-electron chi connectivity index (χ1n) is 8.33. The predicted octanol–water partition coefficient (Wildman–Crippen LogP) is 1.19. The summed E-state index contributed by atoms with van der Waals surface area (Å²) < 4.78 is 5.52. The van der Waals surface area contributed by atoms with E-state index in [-0.39, 0.29) is 12.0 Å². The van der Waals surface area contributed by atoms with Crippen molar-refractivity contribution >= 4 is 5.91 Å². The van der Waals surface area contributed by atoms with Crippen LogP contribution >= 0.6 is 0 Å². The maximum absolute atomic E-state index is 12.0. The molecule has 3 rings (SSSR count). The van der Waals surface area contributed by atoms with Crippen LogP contribution in [0.25, 0.3) is 0 Å². The quantitative estimate of drug-likeness (QED) is 0.857. The van der Waals surface area contributed by atoms with Crippen LogP contribution in [0.1, 0.15) is 42.9 Å². The highest BCUT2D eigenvalue weighted by Gasteiger charge is 2.24. The van der Waals surface area contributed by atoms with Crippen LogP contribution in [0.15, 0.2) is 6.20 Å². The second-order valence-corrected chi connectivity index (χ2v) is 6.46. The molecule has 122 valence electrons. The molecule has 1 aromatic rings. The molecule has 0 unspecified atom stereocenters. The number of nitrogens with zero attached hydrogens (tertiary/aromatic N) is 2. The smallest absolute Gasteiger partial charge is 0.234 e. The Morgan fingerprint density at radius 2 is 2.27 bits per heavy atom. The predicted molar refractivity (Wildman–Crippen MR) is 83.7 cm³/mol. The molecule has 6 nitrogen and oxygen atoms in total. The van der Waals surface area contributed by atoms with Gasteiger partial charge in [0.25, 0.3) is 0 Å². The fraction of sp³-hybridized carbons (Fsp3) is 0.750. The van der Waals surface area contributed by atoms with Gasteiger partial charge in [-0.25, -0.2) is 0 Å². The van der Waals surface area contributed by atoms with E-state index in [1.807, 2.05) is 6.20 Å². The molecule has 6 heteroatoms. The molecule has 2 fully saturated rings. The van der Waals surface area contributed by atoms with Gasteiger partial charge in [0, 0.05) is 24.8 Å². The molecule has 2 N–H and O–H groups in total. The first kappa shape index (κ1) is 15.5. The minimum Gasteiger partial charge on any atom is -0.376 e. The third-order valence-corrected chi connectivity index (χ3v) is 4.78. The summed E-state index contributed by atoms with van der Waals surface area (Å²) in [5.74, 6) is 0.667. The molecule has 1 amide bonds. The summed E-state index contributed by atoms with van der Waals surface area (Å²) in [6.45, 7) is 6.03. The zero-order valence-electron chi connectivity index (χ0n) is 13.3. The summed E-state index contributed by atoms with van der Waals surface area (Å²) in [6, 6.07) is 0. The number of ether oxygens (including phenoxy) is 1. The molecule has 0 spiro atoms. The normalized spacial score (nSPS) is 23.8. The third-order valence-electron chi connectivity index (χ3n) is 4.78. The Kier molecular flexibility index (Phi) is 5.10. The van der Waals surface area contributed by atoms with Gasteiger partial charge < -0.3 is 10.1 Å². The molecule has 0 saturated carbocycles. The molecule has 2 aliphatic rings. The number of hydrogen-bond donors (Lipinski definition) is 2. The van der Waals surface area contributed by atoms with Gasteiger partial charge in [0.15, 0.2) is 0 Å². The number of nitrogens with one attached hydrogen (secondary N) is 2. The maximum atomic E-state index is 12.0. The first-order valence-corrected chi connectivity index (χ1v) is 8.33. The summed E-state index contributed by atoms with van der Waals surface area (Å²) in [5, 5.41) is 10.2. The highest BCUT2D eigenvalue weighted by molar-refractivity contribution is 5.78. The molecule has 0 aromatic carbocycles. The topological polar surface area (TPSA) is 70.2 Å². The van der Waals surface area contributed by atoms with Crippen molar-refractivity contribution in [1.29, 1.82) is 0 Å². The fourth-order valence-corrected chi connectivity index (χ4v) is 3.44. The van der Waals surface area contributed by atoms with Gasteiger partial charge >= 0.3 is 0 Å². The third kappa shape index (κ3) is 3.87. The van der Waals surface area contributed by atoms with Crippen LogP contribution in [-0.2, 0) is 9.53 Å². The van der Waals surface area contributed by atoms with Crippen molar-refractivity contribution in [2.45, 2.75) is 44.6 Å². The summed E-state index contributed by atoms with van der Waals surface area (Å²) >= 11 is 0. The number of carbonyl (C=O) groups excluding carboxylic acids is 1. The molecular formula is C16H26N4O2. The lowest BCUT2D eigenvalue weighted by Crippen LogP contribution is -2.43. The standard InChI is InChI=1S/C16H26N4O2/c1-12-9-18-19-16(12)13-4-6-20(7-5-13)11-15(21)17-10-14-3-2-8-22-14/h9,13-14H,2-8,10-11H2,1H3,(H,17,21)(H,18,19)/t14-/m1/s1. The average molecular weight is 306 g/mol. The van der Waals surface area contributed by atoms with Crippen LogP contribution in [0.2, 0.25) is 0 Å². The van der Waals surface area contributed by atoms with Crippen molar-refractivity contribution < 1.29 is 9.53 Å². The van der Waals surface area contributed by atoms with Crippen molar-refractivity contribution in [2.75, 3.05) is 32.8 Å². The van der Waals surface area contributed by atoms with Crippen molar-refractivity contribution in [2.24, 2.45) is 0 Å². The molecule has 22 heavy (non-hydrogen) atoms. The number of aromatic amines is 1. The van der Waals surface area contributed by atoms with Crippen molar-refractivity contribution in [3.05, 3.63) is 17.5 Å². The second kappa shape index (κ2) is 7.24. The highest BCUT2D eigenvalue weighted by atomic mass is 16.5. The van der Waals surface area contributed by atoms with Crippen LogP contribution in [0.5, 0.6) is 0 Å². The van der Waals surface area contributed by atoms with E-state index in [9.17, 15) is 4.79 Å². The van der Waals surface area contributed by atoms with Gasteiger partial charge in [0.2, 0.25) is 5.91 Å². The van der Waals surface area contributed by atoms with Crippen molar-refractivity contribution in [3.63, 3.8) is 0 Å². The number of piperidine rings is 1. The minimum atomic E-state index is 0.117. The summed E-state index contributed by atoms with van der Waals surface area (Å²) in [6.07, 6.45) is 6.46. The minimum absolute atomic E-state index is 0.117. The summed E-state index contributed by atoms with van der Waals surface area (Å²) in [4.78, 5) is 14.3. The zero-order chi connectivity index (χ0) is 15.4. The molecule has 2 saturated heterocycles. The molecule has 2 aliphatic heterocycles. The van der Waals surface area contributed by atoms with E-state index in [1.165, 1.54) is 11.3 Å². The van der Waals surface area contributed by atoms with Crippen LogP contribution in [0.3, 0.4) is 0 Å². The number of hydrogen-bond acceptors (Lipinski definition) is 4. The average Bonchev–Trinajstić information content (AvgIpc) is 3.17. The van der Waals surface area contributed by atoms with E-state index in [2.05, 4.69) is 27.3 Å². The molecule has 3 heterocycles. The van der Waals surface area contributed by atoms with Gasteiger partial charge in [0.1, 0.15) is 0 Å². The van der Waals surface area contributed by atoms with Crippen LogP contribution < -0.4 is 5.32 Å². The Bertz CT molecular complexity index is 488. The van der Waals surface area contributed by atoms with E-state index in [0.717, 1.165) is 45.4 Å². The van der Waals surface area contributed by atoms with E-state index in [4.69, 9.17) is 4.74 Å². The Hall–Kier alpha value is -1.40. The first-order chi connectivity index (χ1) is 10.7. The Labute approximate surface area is 131 Å². The molecule has 1 atom stereocenters. The maximum Gasteiger partial charge on any atom is 0.234 e. The molecule has 0 aliphatic carbocycles. The number of aromatic nitrogens is 2. The molecule has 1 aromatic heterocycles. The lowest BCUT2D eigenvalue weighted by atomic mass is 9.92. The van der Waals surface area contributed by atoms with E-state index >= 15 is 0 Å². The van der Waals surface area contributed by atoms with Crippen LogP contribution in [0, 0.1) is 6.92 Å². The summed E-state index contributed by atoms with van der Waals surface area (Å²) in [5.41, 5.74) is 2.51. The van der Waals surface area contributed by atoms with Gasteiger partial charge in [-0.15, -0.1) is 0 Å². The number of amides is 1. The van der Waals surface area contributed by atoms with Gasteiger partial charge in [-0.2, -0.15) is 5.10 Å². The van der Waals surface area contributed by atoms with E-state index in [1.54, 1.807) is 0 Å². The van der Waals surface area contributed by atoms with Gasteiger partial charge in [-0.3, -0.25) is 14.8 Å². The molecular weight excluding hydrogens is 280 g/mol. The van der Waals surface area contributed by atoms with Crippen molar-refractivity contribution in [3.8, 4) is 0 Å². The van der Waals surface area contributed by atoms with E-state index in [0.29, 0.717) is 19.0 Å². The number of carbonyl (C=O) groups is 1. The second-order valence-electron chi connectivity index (χ2n) is 6.46. The Balaban J connectivity index is 1.38. The lowest BCUT2D eigenvalue weighted by Gasteiger charge is -2.31. The Morgan fingerprint density at radius 1 is 1.45 bits per heavy atom. The zero-order valence-corrected chi connectivity index (χ0v) is 13.3. The van der Waals surface area contributed by atoms with Gasteiger partial charge in [-0.1, -0.05) is 0 Å². The highest BCUT2D eigenvalue weighted by Crippen LogP contribution is 2.28. The molecule has 0 radical (unpaired) electrons. The number of H-pyrrole nitrogens is 1. The SMILES string of the molecule is Cc1cn[nH]c1C1CCN(CC(=O)NC[C@H]2CCCO2)CC1. The van der Waals surface area contributed by atoms with Gasteiger partial charge in [0.05, 0.1) is 18.8 Å². The monoisotopic (exact) mass is 306 g/mol. The summed E-state index contributed by atoms with van der Waals surface area (Å²) in [7, 11) is 0. The fourth-order valence-electron chi connectivity index (χ4n) is 3.44.